The van der Waals surface area contributed by atoms with Crippen LogP contribution in [0.5, 0.6) is 5.75 Å². The average Bonchev–Trinajstić information content (AvgIpc) is 2.64. The summed E-state index contributed by atoms with van der Waals surface area (Å²) in [4.78, 5) is 13.1. The van der Waals surface area contributed by atoms with Gasteiger partial charge in [0.1, 0.15) is 5.75 Å². The van der Waals surface area contributed by atoms with E-state index in [-0.39, 0.29) is 30.2 Å². The minimum absolute atomic E-state index is 0.0673. The Morgan fingerprint density at radius 3 is 2.45 bits per heavy atom. The highest BCUT2D eigenvalue weighted by molar-refractivity contribution is 5.68. The Morgan fingerprint density at radius 1 is 1.24 bits per heavy atom. The van der Waals surface area contributed by atoms with E-state index in [2.05, 4.69) is 4.74 Å². The Bertz CT molecular complexity index is 711. The summed E-state index contributed by atoms with van der Waals surface area (Å²) in [6, 6.07) is 5.77. The number of alkyl halides is 5. The Hall–Kier alpha value is -2.10. The highest BCUT2D eigenvalue weighted by atomic mass is 19.4. The smallest absolute Gasteiger partial charge is 0.427 e. The van der Waals surface area contributed by atoms with Gasteiger partial charge in [0, 0.05) is 18.7 Å². The number of aliphatic hydroxyl groups excluding tert-OH is 1. The second kappa shape index (κ2) is 8.33. The van der Waals surface area contributed by atoms with Crippen LogP contribution in [-0.4, -0.2) is 54.2 Å². The van der Waals surface area contributed by atoms with Crippen molar-refractivity contribution in [2.75, 3.05) is 19.7 Å². The van der Waals surface area contributed by atoms with Crippen LogP contribution in [0.2, 0.25) is 0 Å². The molecule has 1 atom stereocenters. The van der Waals surface area contributed by atoms with Gasteiger partial charge in [-0.1, -0.05) is 12.1 Å². The van der Waals surface area contributed by atoms with E-state index in [1.54, 1.807) is 6.07 Å². The molecule has 162 valence electrons. The molecule has 2 fully saturated rings. The number of likely N-dealkylation sites (tertiary alicyclic amines) is 1. The first-order valence-electron chi connectivity index (χ1n) is 9.30. The fourth-order valence-electron chi connectivity index (χ4n) is 3.88. The number of rotatable bonds is 5. The Morgan fingerprint density at radius 2 is 1.90 bits per heavy atom. The molecule has 0 unspecified atom stereocenters. The van der Waals surface area contributed by atoms with Crippen LogP contribution in [0.4, 0.5) is 26.7 Å². The molecule has 1 spiro atoms. The Kier molecular flexibility index (Phi) is 6.21. The molecular weight excluding hydrogens is 401 g/mol. The number of ether oxygens (including phenoxy) is 2. The average molecular weight is 423 g/mol. The summed E-state index contributed by atoms with van der Waals surface area (Å²) >= 11 is 0. The zero-order chi connectivity index (χ0) is 21.2. The molecule has 1 amide bonds. The summed E-state index contributed by atoms with van der Waals surface area (Å²) in [6.45, 7) is -0.816. The second-order valence-corrected chi connectivity index (χ2v) is 7.60. The second-order valence-electron chi connectivity index (χ2n) is 7.60. The minimum atomic E-state index is -4.82. The van der Waals surface area contributed by atoms with Gasteiger partial charge >= 0.3 is 12.3 Å². The molecule has 1 saturated heterocycles. The van der Waals surface area contributed by atoms with Gasteiger partial charge in [-0.25, -0.2) is 13.6 Å². The number of piperidine rings is 1. The largest absolute Gasteiger partial charge is 0.490 e. The van der Waals surface area contributed by atoms with Crippen LogP contribution < -0.4 is 4.74 Å². The lowest BCUT2D eigenvalue weighted by molar-refractivity contribution is -0.215. The maximum Gasteiger partial charge on any atom is 0.427 e. The zero-order valence-electron chi connectivity index (χ0n) is 15.5. The first kappa shape index (κ1) is 21.6. The lowest BCUT2D eigenvalue weighted by Gasteiger charge is -2.51. The number of hydrogen-bond acceptors (Lipinski definition) is 4. The van der Waals surface area contributed by atoms with E-state index in [0.29, 0.717) is 31.4 Å². The first-order valence-corrected chi connectivity index (χ1v) is 9.30. The molecule has 1 saturated carbocycles. The third-order valence-electron chi connectivity index (χ3n) is 5.59. The van der Waals surface area contributed by atoms with Crippen LogP contribution in [0.3, 0.4) is 0 Å². The highest BCUT2D eigenvalue weighted by Crippen LogP contribution is 2.50. The molecule has 10 heteroatoms. The van der Waals surface area contributed by atoms with E-state index < -0.39 is 31.4 Å². The van der Waals surface area contributed by atoms with Crippen molar-refractivity contribution >= 4 is 6.09 Å². The third kappa shape index (κ3) is 5.09. The van der Waals surface area contributed by atoms with Crippen LogP contribution in [0.25, 0.3) is 0 Å². The van der Waals surface area contributed by atoms with Crippen molar-refractivity contribution in [2.45, 2.75) is 50.5 Å². The molecule has 29 heavy (non-hydrogen) atoms. The molecule has 1 aromatic rings. The van der Waals surface area contributed by atoms with Crippen molar-refractivity contribution in [3.8, 4) is 5.75 Å². The maximum absolute atomic E-state index is 12.8. The monoisotopic (exact) mass is 423 g/mol. The summed E-state index contributed by atoms with van der Waals surface area (Å²) in [5.41, 5.74) is -0.175. The zero-order valence-corrected chi connectivity index (χ0v) is 15.5. The fraction of sp³-hybridized carbons (Fsp3) is 0.632. The molecule has 1 N–H and O–H groups in total. The quantitative estimate of drug-likeness (QED) is 0.718. The summed E-state index contributed by atoms with van der Waals surface area (Å²) in [6.07, 6.45) is -8.56. The van der Waals surface area contributed by atoms with E-state index in [1.165, 1.54) is 23.1 Å². The van der Waals surface area contributed by atoms with E-state index in [0.717, 1.165) is 0 Å². The van der Waals surface area contributed by atoms with Crippen molar-refractivity contribution < 1.29 is 41.3 Å². The predicted molar refractivity (Wildman–Crippen MR) is 91.7 cm³/mol. The lowest BCUT2D eigenvalue weighted by Crippen LogP contribution is -2.52. The van der Waals surface area contributed by atoms with Crippen LogP contribution in [0.1, 0.15) is 37.7 Å². The molecule has 1 aromatic carbocycles. The third-order valence-corrected chi connectivity index (χ3v) is 5.59. The van der Waals surface area contributed by atoms with Gasteiger partial charge in [-0.2, -0.15) is 13.2 Å². The van der Waals surface area contributed by atoms with E-state index in [9.17, 15) is 26.7 Å². The number of halogens is 5. The van der Waals surface area contributed by atoms with Crippen molar-refractivity contribution in [3.63, 3.8) is 0 Å². The molecule has 0 aromatic heterocycles. The minimum Gasteiger partial charge on any atom is -0.490 e. The SMILES string of the molecule is O=C(O[C@H](CO)C(F)(F)F)N1CCC2(CC1)CC(Oc1cccc(C(F)F)c1)C2. The number of nitrogens with zero attached hydrogens (tertiary/aromatic N) is 1. The summed E-state index contributed by atoms with van der Waals surface area (Å²) in [7, 11) is 0. The number of hydrogen-bond donors (Lipinski definition) is 1. The van der Waals surface area contributed by atoms with E-state index >= 15 is 0 Å². The molecule has 0 radical (unpaired) electrons. The van der Waals surface area contributed by atoms with Crippen molar-refractivity contribution in [3.05, 3.63) is 29.8 Å². The van der Waals surface area contributed by atoms with Gasteiger partial charge in [0.2, 0.25) is 6.10 Å². The van der Waals surface area contributed by atoms with Crippen LogP contribution in [0.15, 0.2) is 24.3 Å². The van der Waals surface area contributed by atoms with Gasteiger partial charge < -0.3 is 19.5 Å². The number of aliphatic hydroxyl groups is 1. The standard InChI is InChI=1S/C19H22F5NO4/c20-16(21)12-2-1-3-13(8-12)28-14-9-18(10-14)4-6-25(7-5-18)17(27)29-15(11-26)19(22,23)24/h1-3,8,14-16,26H,4-7,9-11H2/t15-/m1/s1. The fourth-order valence-corrected chi connectivity index (χ4v) is 3.88. The van der Waals surface area contributed by atoms with Gasteiger partial charge in [-0.3, -0.25) is 0 Å². The van der Waals surface area contributed by atoms with Crippen LogP contribution in [0, 0.1) is 5.41 Å². The number of carbonyl (C=O) groups is 1. The molecule has 5 nitrogen and oxygen atoms in total. The molecule has 1 aliphatic heterocycles. The van der Waals surface area contributed by atoms with E-state index in [4.69, 9.17) is 9.84 Å². The Balaban J connectivity index is 1.46. The summed E-state index contributed by atoms with van der Waals surface area (Å²) in [5, 5.41) is 8.77. The number of amides is 1. The normalized spacial score (nSPS) is 20.4. The first-order chi connectivity index (χ1) is 13.6. The lowest BCUT2D eigenvalue weighted by atomic mass is 9.61. The number of carbonyl (C=O) groups excluding carboxylic acids is 1. The van der Waals surface area contributed by atoms with Crippen molar-refractivity contribution in [2.24, 2.45) is 5.41 Å². The predicted octanol–water partition coefficient (Wildman–Crippen LogP) is 4.31. The Labute approximate surface area is 164 Å². The molecule has 1 heterocycles. The van der Waals surface area contributed by atoms with Gasteiger partial charge in [0.05, 0.1) is 12.7 Å². The molecular formula is C19H22F5NO4. The summed E-state index contributed by atoms with van der Waals surface area (Å²) in [5.74, 6) is 0.380. The highest BCUT2D eigenvalue weighted by Gasteiger charge is 2.49. The maximum atomic E-state index is 12.8. The number of benzene rings is 1. The van der Waals surface area contributed by atoms with Gasteiger partial charge in [-0.05, 0) is 43.2 Å². The molecule has 2 aliphatic rings. The molecule has 0 bridgehead atoms. The van der Waals surface area contributed by atoms with Gasteiger partial charge in [-0.15, -0.1) is 0 Å². The van der Waals surface area contributed by atoms with Crippen molar-refractivity contribution in [1.82, 2.24) is 4.90 Å². The summed E-state index contributed by atoms with van der Waals surface area (Å²) < 4.78 is 73.5. The van der Waals surface area contributed by atoms with E-state index in [1.807, 2.05) is 0 Å². The van der Waals surface area contributed by atoms with Crippen molar-refractivity contribution in [1.29, 1.82) is 0 Å². The van der Waals surface area contributed by atoms with Crippen LogP contribution in [-0.2, 0) is 4.74 Å². The van der Waals surface area contributed by atoms with Crippen LogP contribution >= 0.6 is 0 Å². The molecule has 1 aliphatic carbocycles. The van der Waals surface area contributed by atoms with Gasteiger partial charge in [0.15, 0.2) is 0 Å². The topological polar surface area (TPSA) is 59.0 Å². The van der Waals surface area contributed by atoms with Gasteiger partial charge in [0.25, 0.3) is 6.43 Å². The molecule has 3 rings (SSSR count).